The SMILES string of the molecule is CN1CC(C)(c2cc(F)cc(F)c2)N(CC=Cc2ccc3c(c2)C[C@]2(C3)C(=O)Nc3ncccc32)C(=O)C1(C)CF. The molecule has 9 heteroatoms. The van der Waals surface area contributed by atoms with Crippen molar-refractivity contribution >= 4 is 23.7 Å². The molecule has 3 aliphatic rings. The van der Waals surface area contributed by atoms with Crippen LogP contribution in [0.2, 0.25) is 0 Å². The Labute approximate surface area is 236 Å². The van der Waals surface area contributed by atoms with Gasteiger partial charge < -0.3 is 10.2 Å². The molecule has 2 aromatic carbocycles. The molecule has 3 aromatic rings. The van der Waals surface area contributed by atoms with Gasteiger partial charge in [0.25, 0.3) is 0 Å². The highest BCUT2D eigenvalue weighted by Gasteiger charge is 2.53. The summed E-state index contributed by atoms with van der Waals surface area (Å²) in [5.74, 6) is -1.37. The molecule has 1 N–H and O–H groups in total. The molecule has 41 heavy (non-hydrogen) atoms. The molecule has 0 saturated carbocycles. The van der Waals surface area contributed by atoms with Gasteiger partial charge >= 0.3 is 0 Å². The number of carbonyl (C=O) groups excluding carboxylic acids is 2. The van der Waals surface area contributed by atoms with Crippen molar-refractivity contribution in [3.8, 4) is 0 Å². The number of hydrogen-bond acceptors (Lipinski definition) is 4. The van der Waals surface area contributed by atoms with E-state index in [-0.39, 0.29) is 19.0 Å². The highest BCUT2D eigenvalue weighted by molar-refractivity contribution is 6.06. The maximum atomic E-state index is 14.2. The average Bonchev–Trinajstić information content (AvgIpc) is 3.45. The van der Waals surface area contributed by atoms with Crippen molar-refractivity contribution < 1.29 is 22.8 Å². The molecule has 1 fully saturated rings. The van der Waals surface area contributed by atoms with Gasteiger partial charge in [-0.1, -0.05) is 36.4 Å². The number of aromatic nitrogens is 1. The molecule has 1 aromatic heterocycles. The van der Waals surface area contributed by atoms with Crippen LogP contribution in [0.3, 0.4) is 0 Å². The van der Waals surface area contributed by atoms with E-state index in [1.807, 2.05) is 42.5 Å². The van der Waals surface area contributed by atoms with Gasteiger partial charge in [0.05, 0.1) is 11.0 Å². The van der Waals surface area contributed by atoms with Gasteiger partial charge in [-0.25, -0.2) is 18.2 Å². The molecule has 0 radical (unpaired) electrons. The predicted molar refractivity (Wildman–Crippen MR) is 150 cm³/mol. The van der Waals surface area contributed by atoms with Gasteiger partial charge in [0.1, 0.15) is 29.7 Å². The normalized spacial score (nSPS) is 27.5. The number of alkyl halides is 1. The van der Waals surface area contributed by atoms with Gasteiger partial charge in [-0.05, 0) is 74.2 Å². The topological polar surface area (TPSA) is 65.5 Å². The Bertz CT molecular complexity index is 1590. The first-order valence-corrected chi connectivity index (χ1v) is 13.6. The van der Waals surface area contributed by atoms with E-state index in [1.165, 1.54) is 17.0 Å². The van der Waals surface area contributed by atoms with Crippen molar-refractivity contribution in [3.05, 3.63) is 100 Å². The summed E-state index contributed by atoms with van der Waals surface area (Å²) in [6.45, 7) is 2.69. The maximum absolute atomic E-state index is 14.2. The second-order valence-corrected chi connectivity index (χ2v) is 11.8. The summed E-state index contributed by atoms with van der Waals surface area (Å²) in [4.78, 5) is 34.2. The Kier molecular flexibility index (Phi) is 6.33. The molecule has 2 amide bonds. The van der Waals surface area contributed by atoms with Gasteiger partial charge in [0.15, 0.2) is 0 Å². The summed E-state index contributed by atoms with van der Waals surface area (Å²) < 4.78 is 42.7. The maximum Gasteiger partial charge on any atom is 0.246 e. The van der Waals surface area contributed by atoms with Crippen LogP contribution >= 0.6 is 0 Å². The average molecular weight is 561 g/mol. The Morgan fingerprint density at radius 2 is 1.76 bits per heavy atom. The third kappa shape index (κ3) is 4.17. The molecule has 1 saturated heterocycles. The van der Waals surface area contributed by atoms with Crippen LogP contribution in [0, 0.1) is 11.6 Å². The second-order valence-electron chi connectivity index (χ2n) is 11.8. The highest BCUT2D eigenvalue weighted by atomic mass is 19.1. The summed E-state index contributed by atoms with van der Waals surface area (Å²) in [5, 5.41) is 2.92. The van der Waals surface area contributed by atoms with Crippen molar-refractivity contribution in [3.63, 3.8) is 0 Å². The van der Waals surface area contributed by atoms with Gasteiger partial charge in [0, 0.05) is 30.9 Å². The molecule has 2 aliphatic heterocycles. The number of nitrogens with zero attached hydrogens (tertiary/aromatic N) is 3. The number of anilines is 1. The molecule has 3 heterocycles. The monoisotopic (exact) mass is 560 g/mol. The summed E-state index contributed by atoms with van der Waals surface area (Å²) >= 11 is 0. The molecular weight excluding hydrogens is 529 g/mol. The lowest BCUT2D eigenvalue weighted by molar-refractivity contribution is -0.162. The lowest BCUT2D eigenvalue weighted by atomic mass is 9.79. The second kappa shape index (κ2) is 9.55. The fourth-order valence-corrected chi connectivity index (χ4v) is 6.64. The molecule has 3 atom stereocenters. The summed E-state index contributed by atoms with van der Waals surface area (Å²) in [6.07, 6.45) is 6.50. The number of fused-ring (bicyclic) bond motifs is 3. The number of amides is 2. The number of hydrogen-bond donors (Lipinski definition) is 1. The van der Waals surface area contributed by atoms with Gasteiger partial charge in [-0.3, -0.25) is 14.5 Å². The van der Waals surface area contributed by atoms with Gasteiger partial charge in [0.2, 0.25) is 11.8 Å². The predicted octanol–water partition coefficient (Wildman–Crippen LogP) is 4.78. The van der Waals surface area contributed by atoms with Crippen LogP contribution in [0.4, 0.5) is 19.0 Å². The van der Waals surface area contributed by atoms with Crippen molar-refractivity contribution in [2.24, 2.45) is 0 Å². The number of piperazine rings is 1. The van der Waals surface area contributed by atoms with E-state index < -0.39 is 40.7 Å². The smallest absolute Gasteiger partial charge is 0.246 e. The van der Waals surface area contributed by atoms with Crippen molar-refractivity contribution in [2.75, 3.05) is 32.1 Å². The van der Waals surface area contributed by atoms with E-state index in [9.17, 15) is 22.8 Å². The van der Waals surface area contributed by atoms with E-state index in [0.29, 0.717) is 24.2 Å². The van der Waals surface area contributed by atoms with Crippen molar-refractivity contribution in [2.45, 2.75) is 43.2 Å². The van der Waals surface area contributed by atoms with E-state index >= 15 is 0 Å². The molecular formula is C32H31F3N4O2. The van der Waals surface area contributed by atoms with Crippen molar-refractivity contribution in [1.29, 1.82) is 0 Å². The third-order valence-electron chi connectivity index (χ3n) is 9.24. The first-order chi connectivity index (χ1) is 19.5. The highest BCUT2D eigenvalue weighted by Crippen LogP contribution is 2.46. The van der Waals surface area contributed by atoms with Crippen LogP contribution in [0.15, 0.2) is 60.8 Å². The Balaban J connectivity index is 1.28. The van der Waals surface area contributed by atoms with Crippen molar-refractivity contribution in [1.82, 2.24) is 14.8 Å². The Morgan fingerprint density at radius 1 is 1.02 bits per heavy atom. The standard InChI is InChI=1S/C32H31F3N4O2/c1-30(18-33)29(41)39(31(2,19-38(30)3)23-13-24(34)15-25(35)14-23)11-5-6-20-8-9-21-16-32(17-22(21)12-20)26-7-4-10-36-27(26)37-28(32)40/h4-10,12-15H,11,16-19H2,1-3H3,(H,36,37,40)/t30?,31?,32-/m0/s1. The Hall–Kier alpha value is -3.98. The number of halogens is 3. The number of pyridine rings is 1. The molecule has 1 aliphatic carbocycles. The van der Waals surface area contributed by atoms with Crippen LogP contribution in [-0.4, -0.2) is 58.9 Å². The van der Waals surface area contributed by atoms with E-state index in [1.54, 1.807) is 32.0 Å². The minimum Gasteiger partial charge on any atom is -0.327 e. The quantitative estimate of drug-likeness (QED) is 0.488. The fraction of sp³-hybridized carbons (Fsp3) is 0.344. The zero-order valence-corrected chi connectivity index (χ0v) is 23.2. The number of rotatable bonds is 5. The van der Waals surface area contributed by atoms with Crippen LogP contribution < -0.4 is 5.32 Å². The summed E-state index contributed by atoms with van der Waals surface area (Å²) in [5.41, 5.74) is 1.11. The number of likely N-dealkylation sites (N-methyl/N-ethyl adjacent to an activating group) is 1. The van der Waals surface area contributed by atoms with Crippen LogP contribution in [0.25, 0.3) is 6.08 Å². The van der Waals surface area contributed by atoms with Gasteiger partial charge in [-0.15, -0.1) is 0 Å². The lowest BCUT2D eigenvalue weighted by Gasteiger charge is -2.54. The first kappa shape index (κ1) is 27.2. The summed E-state index contributed by atoms with van der Waals surface area (Å²) in [6, 6.07) is 13.1. The van der Waals surface area contributed by atoms with Gasteiger partial charge in [-0.2, -0.15) is 0 Å². The minimum atomic E-state index is -1.39. The van der Waals surface area contributed by atoms with Crippen LogP contribution in [0.5, 0.6) is 0 Å². The molecule has 1 spiro atoms. The lowest BCUT2D eigenvalue weighted by Crippen LogP contribution is -2.70. The molecule has 0 bridgehead atoms. The minimum absolute atomic E-state index is 0.0444. The van der Waals surface area contributed by atoms with E-state index in [4.69, 9.17) is 0 Å². The molecule has 212 valence electrons. The van der Waals surface area contributed by atoms with Crippen LogP contribution in [-0.2, 0) is 33.4 Å². The first-order valence-electron chi connectivity index (χ1n) is 13.6. The zero-order valence-electron chi connectivity index (χ0n) is 23.2. The Morgan fingerprint density at radius 3 is 2.49 bits per heavy atom. The third-order valence-corrected chi connectivity index (χ3v) is 9.24. The number of nitrogens with one attached hydrogen (secondary N) is 1. The fourth-order valence-electron chi connectivity index (χ4n) is 6.64. The largest absolute Gasteiger partial charge is 0.327 e. The molecule has 6 rings (SSSR count). The van der Waals surface area contributed by atoms with E-state index in [2.05, 4.69) is 10.3 Å². The zero-order chi connectivity index (χ0) is 29.2. The number of benzene rings is 2. The molecule has 2 unspecified atom stereocenters. The summed E-state index contributed by atoms with van der Waals surface area (Å²) in [7, 11) is 1.65. The molecule has 6 nitrogen and oxygen atoms in total. The van der Waals surface area contributed by atoms with E-state index in [0.717, 1.165) is 28.3 Å². The van der Waals surface area contributed by atoms with Crippen LogP contribution in [0.1, 0.15) is 41.7 Å². The number of carbonyl (C=O) groups is 2.